The number of hydrogen-bond acceptors (Lipinski definition) is 3. The van der Waals surface area contributed by atoms with Crippen molar-refractivity contribution in [2.45, 2.75) is 13.5 Å². The molecule has 2 aromatic carbocycles. The van der Waals surface area contributed by atoms with Gasteiger partial charge in [-0.3, -0.25) is 0 Å². The molecule has 0 unspecified atom stereocenters. The molecule has 102 valence electrons. The van der Waals surface area contributed by atoms with Crippen molar-refractivity contribution in [3.63, 3.8) is 0 Å². The number of thiophene rings is 1. The largest absolute Gasteiger partial charge is 0.493 e. The van der Waals surface area contributed by atoms with Crippen LogP contribution in [-0.4, -0.2) is 7.11 Å². The Kier molecular flexibility index (Phi) is 3.61. The lowest BCUT2D eigenvalue weighted by molar-refractivity contribution is 0.287. The minimum atomic E-state index is 0.569. The third kappa shape index (κ3) is 2.49. The molecule has 20 heavy (non-hydrogen) atoms. The Morgan fingerprint density at radius 2 is 1.80 bits per heavy atom. The Morgan fingerprint density at radius 3 is 2.55 bits per heavy atom. The molecule has 0 radical (unpaired) electrons. The summed E-state index contributed by atoms with van der Waals surface area (Å²) in [4.78, 5) is 1.22. The molecular formula is C17H16O2S. The van der Waals surface area contributed by atoms with Gasteiger partial charge in [0.2, 0.25) is 0 Å². The first-order valence-corrected chi connectivity index (χ1v) is 7.33. The highest BCUT2D eigenvalue weighted by molar-refractivity contribution is 7.19. The Labute approximate surface area is 122 Å². The minimum Gasteiger partial charge on any atom is -0.493 e. The Hall–Kier alpha value is -2.00. The fourth-order valence-corrected chi connectivity index (χ4v) is 3.26. The number of hydrogen-bond donors (Lipinski definition) is 0. The van der Waals surface area contributed by atoms with E-state index in [-0.39, 0.29) is 0 Å². The van der Waals surface area contributed by atoms with Crippen LogP contribution in [0, 0.1) is 6.92 Å². The van der Waals surface area contributed by atoms with E-state index >= 15 is 0 Å². The number of ether oxygens (including phenoxy) is 2. The second-order valence-corrected chi connectivity index (χ2v) is 5.78. The summed E-state index contributed by atoms with van der Waals surface area (Å²) in [5.74, 6) is 1.55. The highest BCUT2D eigenvalue weighted by Gasteiger charge is 2.06. The lowest BCUT2D eigenvalue weighted by atomic mass is 10.2. The second kappa shape index (κ2) is 5.55. The Morgan fingerprint density at radius 1 is 1.00 bits per heavy atom. The molecule has 1 aromatic heterocycles. The van der Waals surface area contributed by atoms with Crippen molar-refractivity contribution in [2.75, 3.05) is 7.11 Å². The first kappa shape index (κ1) is 13.0. The Balaban J connectivity index is 1.82. The standard InChI is InChI=1S/C17H16O2S/c1-12-6-5-7-13-10-14(20-17(12)13)11-19-16-9-4-3-8-15(16)18-2/h3-10H,11H2,1-2H3. The predicted octanol–water partition coefficient (Wildman–Crippen LogP) is 4.80. The zero-order chi connectivity index (χ0) is 13.9. The van der Waals surface area contributed by atoms with Gasteiger partial charge >= 0.3 is 0 Å². The predicted molar refractivity (Wildman–Crippen MR) is 83.9 cm³/mol. The van der Waals surface area contributed by atoms with Crippen LogP contribution in [0.5, 0.6) is 11.5 Å². The summed E-state index contributed by atoms with van der Waals surface area (Å²) in [7, 11) is 1.66. The molecule has 0 fully saturated rings. The molecule has 0 aliphatic heterocycles. The Bertz CT molecular complexity index is 731. The normalized spacial score (nSPS) is 10.7. The monoisotopic (exact) mass is 284 g/mol. The number of rotatable bonds is 4. The molecule has 2 nitrogen and oxygen atoms in total. The van der Waals surface area contributed by atoms with Gasteiger partial charge in [0.15, 0.2) is 11.5 Å². The van der Waals surface area contributed by atoms with Gasteiger partial charge in [-0.05, 0) is 36.1 Å². The quantitative estimate of drug-likeness (QED) is 0.685. The fourth-order valence-electron chi connectivity index (χ4n) is 2.22. The van der Waals surface area contributed by atoms with Gasteiger partial charge in [-0.15, -0.1) is 11.3 Å². The van der Waals surface area contributed by atoms with E-state index in [0.29, 0.717) is 6.61 Å². The van der Waals surface area contributed by atoms with Crippen LogP contribution in [0.1, 0.15) is 10.4 Å². The van der Waals surface area contributed by atoms with E-state index in [4.69, 9.17) is 9.47 Å². The maximum atomic E-state index is 5.87. The van der Waals surface area contributed by atoms with Gasteiger partial charge in [-0.1, -0.05) is 30.3 Å². The molecule has 0 spiro atoms. The summed E-state index contributed by atoms with van der Waals surface area (Å²) in [5, 5.41) is 1.29. The van der Waals surface area contributed by atoms with E-state index in [9.17, 15) is 0 Å². The summed E-state index contributed by atoms with van der Waals surface area (Å²) in [6.45, 7) is 2.71. The first-order valence-electron chi connectivity index (χ1n) is 6.52. The van der Waals surface area contributed by atoms with Crippen molar-refractivity contribution in [2.24, 2.45) is 0 Å². The van der Waals surface area contributed by atoms with Gasteiger partial charge in [0.25, 0.3) is 0 Å². The molecule has 0 aliphatic carbocycles. The molecule has 3 rings (SSSR count). The van der Waals surface area contributed by atoms with Crippen LogP contribution in [-0.2, 0) is 6.61 Å². The summed E-state index contributed by atoms with van der Waals surface area (Å²) < 4.78 is 12.5. The van der Waals surface area contributed by atoms with Crippen molar-refractivity contribution < 1.29 is 9.47 Å². The van der Waals surface area contributed by atoms with E-state index in [1.54, 1.807) is 18.4 Å². The van der Waals surface area contributed by atoms with Crippen molar-refractivity contribution in [1.82, 2.24) is 0 Å². The van der Waals surface area contributed by atoms with Crippen LogP contribution >= 0.6 is 11.3 Å². The topological polar surface area (TPSA) is 18.5 Å². The molecule has 0 saturated heterocycles. The van der Waals surface area contributed by atoms with Crippen molar-refractivity contribution in [3.8, 4) is 11.5 Å². The minimum absolute atomic E-state index is 0.569. The van der Waals surface area contributed by atoms with Crippen LogP contribution in [0.25, 0.3) is 10.1 Å². The lowest BCUT2D eigenvalue weighted by Crippen LogP contribution is -1.95. The average molecular weight is 284 g/mol. The number of methoxy groups -OCH3 is 1. The summed E-state index contributed by atoms with van der Waals surface area (Å²) in [6, 6.07) is 16.3. The fraction of sp³-hybridized carbons (Fsp3) is 0.176. The van der Waals surface area contributed by atoms with Gasteiger partial charge < -0.3 is 9.47 Å². The van der Waals surface area contributed by atoms with Crippen LogP contribution in [0.3, 0.4) is 0 Å². The van der Waals surface area contributed by atoms with E-state index in [0.717, 1.165) is 11.5 Å². The van der Waals surface area contributed by atoms with Crippen LogP contribution in [0.2, 0.25) is 0 Å². The number of aryl methyl sites for hydroxylation is 1. The highest BCUT2D eigenvalue weighted by Crippen LogP contribution is 2.31. The SMILES string of the molecule is COc1ccccc1OCc1cc2cccc(C)c2s1. The molecule has 0 aliphatic rings. The van der Waals surface area contributed by atoms with Gasteiger partial charge in [0.1, 0.15) is 6.61 Å². The van der Waals surface area contributed by atoms with Gasteiger partial charge in [0, 0.05) is 9.58 Å². The van der Waals surface area contributed by atoms with E-state index in [1.807, 2.05) is 24.3 Å². The lowest BCUT2D eigenvalue weighted by Gasteiger charge is -2.08. The summed E-state index contributed by atoms with van der Waals surface area (Å²) in [5.41, 5.74) is 1.32. The molecule has 0 N–H and O–H groups in total. The maximum Gasteiger partial charge on any atom is 0.161 e. The molecule has 0 amide bonds. The molecule has 1 heterocycles. The first-order chi connectivity index (χ1) is 9.78. The van der Waals surface area contributed by atoms with E-state index in [1.165, 1.54) is 20.5 Å². The zero-order valence-electron chi connectivity index (χ0n) is 11.6. The van der Waals surface area contributed by atoms with Crippen LogP contribution in [0.15, 0.2) is 48.5 Å². The third-order valence-corrected chi connectivity index (χ3v) is 4.49. The maximum absolute atomic E-state index is 5.87. The van der Waals surface area contributed by atoms with Crippen LogP contribution < -0.4 is 9.47 Å². The van der Waals surface area contributed by atoms with Crippen molar-refractivity contribution in [3.05, 3.63) is 59.0 Å². The summed E-state index contributed by atoms with van der Waals surface area (Å²) >= 11 is 1.79. The van der Waals surface area contributed by atoms with Gasteiger partial charge in [-0.25, -0.2) is 0 Å². The number of benzene rings is 2. The van der Waals surface area contributed by atoms with Crippen molar-refractivity contribution in [1.29, 1.82) is 0 Å². The highest BCUT2D eigenvalue weighted by atomic mass is 32.1. The number of para-hydroxylation sites is 2. The molecule has 0 atom stereocenters. The smallest absolute Gasteiger partial charge is 0.161 e. The third-order valence-electron chi connectivity index (χ3n) is 3.23. The molecular weight excluding hydrogens is 268 g/mol. The van der Waals surface area contributed by atoms with Gasteiger partial charge in [0.05, 0.1) is 7.11 Å². The molecule has 0 saturated carbocycles. The summed E-state index contributed by atoms with van der Waals surface area (Å²) in [6.07, 6.45) is 0. The molecule has 3 aromatic rings. The molecule has 0 bridgehead atoms. The van der Waals surface area contributed by atoms with E-state index in [2.05, 4.69) is 31.2 Å². The van der Waals surface area contributed by atoms with Crippen molar-refractivity contribution >= 4 is 21.4 Å². The second-order valence-electron chi connectivity index (χ2n) is 4.65. The number of fused-ring (bicyclic) bond motifs is 1. The van der Waals surface area contributed by atoms with E-state index < -0.39 is 0 Å². The molecule has 3 heteroatoms. The van der Waals surface area contributed by atoms with Crippen LogP contribution in [0.4, 0.5) is 0 Å². The zero-order valence-corrected chi connectivity index (χ0v) is 12.4. The van der Waals surface area contributed by atoms with Gasteiger partial charge in [-0.2, -0.15) is 0 Å². The average Bonchev–Trinajstić information content (AvgIpc) is 2.90.